The quantitative estimate of drug-likeness (QED) is 0.658. The molecule has 1 nitrogen and oxygen atoms in total. The van der Waals surface area contributed by atoms with Crippen molar-refractivity contribution in [1.29, 1.82) is 0 Å². The zero-order valence-corrected chi connectivity index (χ0v) is 12.7. The van der Waals surface area contributed by atoms with Gasteiger partial charge in [-0.1, -0.05) is 54.4 Å². The maximum absolute atomic E-state index is 2.63. The van der Waals surface area contributed by atoms with E-state index in [1.165, 1.54) is 51.7 Å². The molecule has 0 aromatic carbocycles. The second kappa shape index (κ2) is 15.0. The Labute approximate surface area is 105 Å². The third kappa shape index (κ3) is 9.21. The maximum atomic E-state index is 2.63. The Morgan fingerprint density at radius 3 is 1.81 bits per heavy atom. The van der Waals surface area contributed by atoms with Crippen molar-refractivity contribution in [3.05, 3.63) is 0 Å². The number of hydrogen-bond acceptors (Lipinski definition) is 1. The van der Waals surface area contributed by atoms with Gasteiger partial charge in [0.25, 0.3) is 0 Å². The topological polar surface area (TPSA) is 3.24 Å². The van der Waals surface area contributed by atoms with Crippen molar-refractivity contribution < 1.29 is 0 Å². The fourth-order valence-corrected chi connectivity index (χ4v) is 2.00. The second-order valence-electron chi connectivity index (χ2n) is 4.05. The minimum Gasteiger partial charge on any atom is -0.303 e. The zero-order chi connectivity index (χ0) is 12.8. The van der Waals surface area contributed by atoms with Gasteiger partial charge in [-0.3, -0.25) is 0 Å². The minimum absolute atomic E-state index is 1.03. The van der Waals surface area contributed by atoms with Gasteiger partial charge in [-0.15, -0.1) is 0 Å². The summed E-state index contributed by atoms with van der Waals surface area (Å²) in [6.07, 6.45) is 7.01. The average molecular weight is 229 g/mol. The fraction of sp³-hybridized carbons (Fsp3) is 1.00. The standard InChI is InChI=1S/C11H23N.2C2H6/c1-3-5-8-12-9-6-11(4-2)7-10-12;2*1-2/h11H,3-10H2,1-2H3;2*1-2H3. The first kappa shape index (κ1) is 18.3. The molecule has 0 aromatic heterocycles. The van der Waals surface area contributed by atoms with Gasteiger partial charge in [-0.25, -0.2) is 0 Å². The molecule has 0 N–H and O–H groups in total. The van der Waals surface area contributed by atoms with Crippen LogP contribution in [0.3, 0.4) is 0 Å². The van der Waals surface area contributed by atoms with E-state index in [2.05, 4.69) is 18.7 Å². The highest BCUT2D eigenvalue weighted by Crippen LogP contribution is 2.19. The van der Waals surface area contributed by atoms with Crippen LogP contribution in [0.1, 0.15) is 73.6 Å². The molecule has 1 aliphatic rings. The van der Waals surface area contributed by atoms with Crippen LogP contribution in [-0.4, -0.2) is 24.5 Å². The SMILES string of the molecule is CC.CC.CCCCN1CCC(CC)CC1. The molecule has 1 heterocycles. The summed E-state index contributed by atoms with van der Waals surface area (Å²) in [4.78, 5) is 2.63. The third-order valence-corrected chi connectivity index (χ3v) is 3.11. The molecule has 16 heavy (non-hydrogen) atoms. The molecule has 0 saturated carbocycles. The Morgan fingerprint density at radius 1 is 0.938 bits per heavy atom. The molecule has 0 unspecified atom stereocenters. The lowest BCUT2D eigenvalue weighted by Gasteiger charge is -2.31. The number of unbranched alkanes of at least 4 members (excludes halogenated alkanes) is 1. The zero-order valence-electron chi connectivity index (χ0n) is 12.7. The summed E-state index contributed by atoms with van der Waals surface area (Å²) >= 11 is 0. The molecule has 1 heteroatoms. The van der Waals surface area contributed by atoms with Crippen LogP contribution in [0.2, 0.25) is 0 Å². The molecular weight excluding hydrogens is 194 g/mol. The van der Waals surface area contributed by atoms with Crippen LogP contribution < -0.4 is 0 Å². The molecule has 0 atom stereocenters. The third-order valence-electron chi connectivity index (χ3n) is 3.11. The lowest BCUT2D eigenvalue weighted by Crippen LogP contribution is -2.34. The van der Waals surface area contributed by atoms with Crippen molar-refractivity contribution in [2.75, 3.05) is 19.6 Å². The van der Waals surface area contributed by atoms with E-state index in [1.807, 2.05) is 27.7 Å². The highest BCUT2D eigenvalue weighted by atomic mass is 15.1. The Morgan fingerprint density at radius 2 is 1.44 bits per heavy atom. The summed E-state index contributed by atoms with van der Waals surface area (Å²) in [5.74, 6) is 1.03. The van der Waals surface area contributed by atoms with Crippen LogP contribution in [0.5, 0.6) is 0 Å². The van der Waals surface area contributed by atoms with Crippen molar-refractivity contribution in [3.63, 3.8) is 0 Å². The van der Waals surface area contributed by atoms with Gasteiger partial charge in [0.2, 0.25) is 0 Å². The lowest BCUT2D eigenvalue weighted by atomic mass is 9.94. The number of hydrogen-bond donors (Lipinski definition) is 0. The molecular formula is C15H35N. The average Bonchev–Trinajstić information content (AvgIpc) is 2.41. The molecule has 0 spiro atoms. The van der Waals surface area contributed by atoms with Crippen molar-refractivity contribution in [3.8, 4) is 0 Å². The highest BCUT2D eigenvalue weighted by Gasteiger charge is 2.16. The predicted molar refractivity (Wildman–Crippen MR) is 77.1 cm³/mol. The van der Waals surface area contributed by atoms with Gasteiger partial charge in [0.1, 0.15) is 0 Å². The van der Waals surface area contributed by atoms with E-state index < -0.39 is 0 Å². The largest absolute Gasteiger partial charge is 0.303 e. The second-order valence-corrected chi connectivity index (χ2v) is 4.05. The summed E-state index contributed by atoms with van der Waals surface area (Å²) in [6, 6.07) is 0. The molecule has 100 valence electrons. The summed E-state index contributed by atoms with van der Waals surface area (Å²) in [7, 11) is 0. The number of rotatable bonds is 4. The van der Waals surface area contributed by atoms with E-state index >= 15 is 0 Å². The molecule has 1 saturated heterocycles. The summed E-state index contributed by atoms with van der Waals surface area (Å²) in [6.45, 7) is 16.7. The van der Waals surface area contributed by atoms with Crippen LogP contribution in [0, 0.1) is 5.92 Å². The molecule has 0 aliphatic carbocycles. The van der Waals surface area contributed by atoms with Gasteiger partial charge < -0.3 is 4.90 Å². The van der Waals surface area contributed by atoms with E-state index in [0.717, 1.165) is 5.92 Å². The van der Waals surface area contributed by atoms with Crippen molar-refractivity contribution in [1.82, 2.24) is 4.90 Å². The molecule has 1 rings (SSSR count). The van der Waals surface area contributed by atoms with E-state index in [9.17, 15) is 0 Å². The van der Waals surface area contributed by atoms with Gasteiger partial charge in [0, 0.05) is 0 Å². The van der Waals surface area contributed by atoms with E-state index in [0.29, 0.717) is 0 Å². The van der Waals surface area contributed by atoms with Crippen molar-refractivity contribution >= 4 is 0 Å². The lowest BCUT2D eigenvalue weighted by molar-refractivity contribution is 0.180. The van der Waals surface area contributed by atoms with E-state index in [-0.39, 0.29) is 0 Å². The first-order chi connectivity index (χ1) is 7.86. The Kier molecular flexibility index (Phi) is 17.1. The monoisotopic (exact) mass is 229 g/mol. The Hall–Kier alpha value is -0.0400. The first-order valence-corrected chi connectivity index (χ1v) is 7.59. The molecule has 0 radical (unpaired) electrons. The van der Waals surface area contributed by atoms with Gasteiger partial charge in [-0.2, -0.15) is 0 Å². The smallest absolute Gasteiger partial charge is 0.00161 e. The van der Waals surface area contributed by atoms with Crippen LogP contribution in [0.15, 0.2) is 0 Å². The molecule has 0 amide bonds. The summed E-state index contributed by atoms with van der Waals surface area (Å²) in [5, 5.41) is 0. The first-order valence-electron chi connectivity index (χ1n) is 7.59. The van der Waals surface area contributed by atoms with Gasteiger partial charge >= 0.3 is 0 Å². The van der Waals surface area contributed by atoms with Crippen LogP contribution in [0.4, 0.5) is 0 Å². The summed E-state index contributed by atoms with van der Waals surface area (Å²) < 4.78 is 0. The van der Waals surface area contributed by atoms with Gasteiger partial charge in [0.15, 0.2) is 0 Å². The van der Waals surface area contributed by atoms with Crippen LogP contribution in [-0.2, 0) is 0 Å². The van der Waals surface area contributed by atoms with Gasteiger partial charge in [0.05, 0.1) is 0 Å². The Bertz CT molecular complexity index is 104. The number of likely N-dealkylation sites (tertiary alicyclic amines) is 1. The number of piperidine rings is 1. The van der Waals surface area contributed by atoms with Crippen molar-refractivity contribution in [2.45, 2.75) is 73.6 Å². The van der Waals surface area contributed by atoms with Crippen LogP contribution in [0.25, 0.3) is 0 Å². The van der Waals surface area contributed by atoms with Gasteiger partial charge in [-0.05, 0) is 44.8 Å². The fourth-order valence-electron chi connectivity index (χ4n) is 2.00. The highest BCUT2D eigenvalue weighted by molar-refractivity contribution is 4.70. The van der Waals surface area contributed by atoms with E-state index in [4.69, 9.17) is 0 Å². The molecule has 0 bridgehead atoms. The molecule has 0 aromatic rings. The molecule has 1 aliphatic heterocycles. The normalized spacial score (nSPS) is 16.9. The summed E-state index contributed by atoms with van der Waals surface area (Å²) in [5.41, 5.74) is 0. The maximum Gasteiger partial charge on any atom is -0.00161 e. The number of nitrogens with zero attached hydrogens (tertiary/aromatic N) is 1. The van der Waals surface area contributed by atoms with Crippen molar-refractivity contribution in [2.24, 2.45) is 5.92 Å². The molecule has 1 fully saturated rings. The Balaban J connectivity index is 0. The minimum atomic E-state index is 1.03. The predicted octanol–water partition coefficient (Wildman–Crippen LogP) is 4.96. The van der Waals surface area contributed by atoms with E-state index in [1.54, 1.807) is 0 Å². The van der Waals surface area contributed by atoms with Crippen LogP contribution >= 0.6 is 0 Å².